The van der Waals surface area contributed by atoms with Crippen molar-refractivity contribution in [2.75, 3.05) is 19.6 Å². The van der Waals surface area contributed by atoms with Crippen molar-refractivity contribution in [3.63, 3.8) is 0 Å². The molecule has 0 spiro atoms. The highest BCUT2D eigenvalue weighted by Gasteiger charge is 2.04. The Bertz CT molecular complexity index is 446. The topological polar surface area (TPSA) is 27.0 Å². The first kappa shape index (κ1) is 30.9. The third kappa shape index (κ3) is 25.2. The quantitative estimate of drug-likeness (QED) is 0.103. The fourth-order valence-electron chi connectivity index (χ4n) is 4.16. The lowest BCUT2D eigenvalue weighted by Crippen LogP contribution is -2.27. The van der Waals surface area contributed by atoms with Gasteiger partial charge in [-0.1, -0.05) is 109 Å². The number of rotatable bonds is 25. The number of allylic oxidation sites excluding steroid dienone is 4. The van der Waals surface area contributed by atoms with Gasteiger partial charge in [0.05, 0.1) is 6.07 Å². The van der Waals surface area contributed by atoms with Crippen molar-refractivity contribution < 1.29 is 0 Å². The van der Waals surface area contributed by atoms with E-state index in [1.54, 1.807) is 0 Å². The van der Waals surface area contributed by atoms with Crippen molar-refractivity contribution in [2.45, 2.75) is 142 Å². The minimum atomic E-state index is 0.705. The van der Waals surface area contributed by atoms with Crippen LogP contribution in [0.2, 0.25) is 0 Å². The maximum Gasteiger partial charge on any atom is 0.0622 e. The maximum absolute atomic E-state index is 8.82. The van der Waals surface area contributed by atoms with Gasteiger partial charge in [-0.25, -0.2) is 0 Å². The summed E-state index contributed by atoms with van der Waals surface area (Å²) in [5.41, 5.74) is 0. The lowest BCUT2D eigenvalue weighted by atomic mass is 10.1. The molecule has 0 fully saturated rings. The van der Waals surface area contributed by atoms with Crippen molar-refractivity contribution in [2.24, 2.45) is 0 Å². The van der Waals surface area contributed by atoms with E-state index in [1.165, 1.54) is 122 Å². The number of hydrogen-bond donors (Lipinski definition) is 0. The van der Waals surface area contributed by atoms with Crippen LogP contribution in [0.3, 0.4) is 0 Å². The van der Waals surface area contributed by atoms with Crippen LogP contribution in [0.25, 0.3) is 0 Å². The molecule has 32 heavy (non-hydrogen) atoms. The van der Waals surface area contributed by atoms with E-state index >= 15 is 0 Å². The Morgan fingerprint density at radius 1 is 0.531 bits per heavy atom. The summed E-state index contributed by atoms with van der Waals surface area (Å²) < 4.78 is 0. The van der Waals surface area contributed by atoms with Gasteiger partial charge < -0.3 is 4.90 Å². The monoisotopic (exact) mass is 444 g/mol. The maximum atomic E-state index is 8.82. The van der Waals surface area contributed by atoms with Gasteiger partial charge in [-0.05, 0) is 71.0 Å². The Morgan fingerprint density at radius 2 is 0.969 bits per heavy atom. The van der Waals surface area contributed by atoms with Gasteiger partial charge in [-0.2, -0.15) is 5.26 Å². The molecule has 0 saturated heterocycles. The number of nitrogens with zero attached hydrogens (tertiary/aromatic N) is 2. The van der Waals surface area contributed by atoms with E-state index in [0.29, 0.717) is 6.42 Å². The van der Waals surface area contributed by atoms with E-state index in [1.807, 2.05) is 0 Å². The molecule has 0 aliphatic carbocycles. The second kappa shape index (κ2) is 28.0. The standard InChI is InChI=1S/C30H56N2/c1-3-5-7-9-11-12-13-14-15-16-17-18-19-20-22-25-29-32(30-26-23-27-31)28-24-21-10-8-6-4-2/h11-12,14-15H,3-10,13,16-26,28-30H2,1-2H3/b12-11-,15-14-. The molecular weight excluding hydrogens is 388 g/mol. The first-order valence-corrected chi connectivity index (χ1v) is 14.2. The summed E-state index contributed by atoms with van der Waals surface area (Å²) in [6.45, 7) is 8.12. The molecule has 2 nitrogen and oxygen atoms in total. The zero-order valence-corrected chi connectivity index (χ0v) is 22.0. The lowest BCUT2D eigenvalue weighted by molar-refractivity contribution is 0.258. The molecule has 0 aliphatic rings. The number of nitriles is 1. The van der Waals surface area contributed by atoms with Crippen molar-refractivity contribution in [1.82, 2.24) is 4.90 Å². The Hall–Kier alpha value is -1.07. The van der Waals surface area contributed by atoms with Gasteiger partial charge in [0.15, 0.2) is 0 Å². The molecule has 0 saturated carbocycles. The summed E-state index contributed by atoms with van der Waals surface area (Å²) in [7, 11) is 0. The molecule has 0 amide bonds. The third-order valence-electron chi connectivity index (χ3n) is 6.27. The zero-order chi connectivity index (χ0) is 23.4. The summed E-state index contributed by atoms with van der Waals surface area (Å²) in [5, 5.41) is 8.82. The van der Waals surface area contributed by atoms with Gasteiger partial charge in [0.1, 0.15) is 0 Å². The minimum Gasteiger partial charge on any atom is -0.303 e. The van der Waals surface area contributed by atoms with Crippen molar-refractivity contribution in [3.05, 3.63) is 24.3 Å². The summed E-state index contributed by atoms with van der Waals surface area (Å²) in [5.74, 6) is 0. The van der Waals surface area contributed by atoms with E-state index in [-0.39, 0.29) is 0 Å². The second-order valence-electron chi connectivity index (χ2n) is 9.46. The van der Waals surface area contributed by atoms with Crippen LogP contribution in [0.1, 0.15) is 142 Å². The van der Waals surface area contributed by atoms with Gasteiger partial charge in [-0.3, -0.25) is 0 Å². The molecular formula is C30H56N2. The molecule has 0 rings (SSSR count). The predicted molar refractivity (Wildman–Crippen MR) is 144 cm³/mol. The molecule has 0 bridgehead atoms. The molecule has 0 radical (unpaired) electrons. The summed E-state index contributed by atoms with van der Waals surface area (Å²) in [6, 6.07) is 2.30. The number of hydrogen-bond acceptors (Lipinski definition) is 2. The van der Waals surface area contributed by atoms with E-state index in [2.05, 4.69) is 49.1 Å². The predicted octanol–water partition coefficient (Wildman–Crippen LogP) is 9.77. The molecule has 0 N–H and O–H groups in total. The van der Waals surface area contributed by atoms with Crippen LogP contribution in [0.5, 0.6) is 0 Å². The third-order valence-corrected chi connectivity index (χ3v) is 6.27. The molecule has 0 aromatic heterocycles. The first-order chi connectivity index (χ1) is 15.8. The Labute approximate surface area is 202 Å². The smallest absolute Gasteiger partial charge is 0.0622 e. The van der Waals surface area contributed by atoms with E-state index in [4.69, 9.17) is 5.26 Å². The highest BCUT2D eigenvalue weighted by Crippen LogP contribution is 2.11. The van der Waals surface area contributed by atoms with Crippen LogP contribution in [0.15, 0.2) is 24.3 Å². The van der Waals surface area contributed by atoms with Crippen LogP contribution in [-0.2, 0) is 0 Å². The summed E-state index contributed by atoms with van der Waals surface area (Å²) >= 11 is 0. The van der Waals surface area contributed by atoms with E-state index in [9.17, 15) is 0 Å². The highest BCUT2D eigenvalue weighted by molar-refractivity contribution is 4.92. The highest BCUT2D eigenvalue weighted by atomic mass is 15.1. The van der Waals surface area contributed by atoms with Gasteiger partial charge in [0, 0.05) is 6.42 Å². The fraction of sp³-hybridized carbons (Fsp3) is 0.833. The fourth-order valence-corrected chi connectivity index (χ4v) is 4.16. The van der Waals surface area contributed by atoms with Crippen molar-refractivity contribution in [1.29, 1.82) is 5.26 Å². The summed E-state index contributed by atoms with van der Waals surface area (Å²) in [6.07, 6.45) is 35.1. The van der Waals surface area contributed by atoms with Gasteiger partial charge in [-0.15, -0.1) is 0 Å². The number of unbranched alkanes of at least 4 members (excludes halogenated alkanes) is 15. The minimum absolute atomic E-state index is 0.705. The molecule has 0 aromatic rings. The van der Waals surface area contributed by atoms with Crippen LogP contribution in [0.4, 0.5) is 0 Å². The normalized spacial score (nSPS) is 11.8. The molecule has 0 heterocycles. The average molecular weight is 445 g/mol. The SMILES string of the molecule is CCCCC/C=C\C/C=C\CCCCCCCCN(CCCC#N)CCCCCCCC. The molecule has 0 aromatic carbocycles. The van der Waals surface area contributed by atoms with Crippen molar-refractivity contribution in [3.8, 4) is 6.07 Å². The molecule has 2 heteroatoms. The van der Waals surface area contributed by atoms with Gasteiger partial charge >= 0.3 is 0 Å². The van der Waals surface area contributed by atoms with E-state index in [0.717, 1.165) is 19.4 Å². The van der Waals surface area contributed by atoms with Crippen molar-refractivity contribution >= 4 is 0 Å². The van der Waals surface area contributed by atoms with Crippen LogP contribution in [0, 0.1) is 11.3 Å². The van der Waals surface area contributed by atoms with Gasteiger partial charge in [0.2, 0.25) is 0 Å². The lowest BCUT2D eigenvalue weighted by Gasteiger charge is -2.22. The first-order valence-electron chi connectivity index (χ1n) is 14.2. The van der Waals surface area contributed by atoms with Crippen LogP contribution < -0.4 is 0 Å². The largest absolute Gasteiger partial charge is 0.303 e. The molecule has 0 aliphatic heterocycles. The second-order valence-corrected chi connectivity index (χ2v) is 9.46. The molecule has 0 unspecified atom stereocenters. The van der Waals surface area contributed by atoms with Gasteiger partial charge in [0.25, 0.3) is 0 Å². The Balaban J connectivity index is 3.61. The summed E-state index contributed by atoms with van der Waals surface area (Å²) in [4.78, 5) is 2.63. The van der Waals surface area contributed by atoms with Crippen LogP contribution in [-0.4, -0.2) is 24.5 Å². The zero-order valence-electron chi connectivity index (χ0n) is 22.0. The van der Waals surface area contributed by atoms with Crippen LogP contribution >= 0.6 is 0 Å². The molecule has 0 atom stereocenters. The van der Waals surface area contributed by atoms with E-state index < -0.39 is 0 Å². The molecule has 186 valence electrons. The average Bonchev–Trinajstić information content (AvgIpc) is 2.80. The Morgan fingerprint density at radius 3 is 1.53 bits per heavy atom. The Kier molecular flexibility index (Phi) is 27.0.